The second-order valence-corrected chi connectivity index (χ2v) is 6.13. The maximum Gasteiger partial charge on any atom is 0.242 e. The van der Waals surface area contributed by atoms with Gasteiger partial charge in [0, 0.05) is 23.0 Å². The molecule has 1 aromatic heterocycles. The Bertz CT molecular complexity index is 748. The van der Waals surface area contributed by atoms with Crippen LogP contribution >= 0.6 is 11.8 Å². The summed E-state index contributed by atoms with van der Waals surface area (Å²) in [6, 6.07) is 23.3. The van der Waals surface area contributed by atoms with Crippen molar-refractivity contribution in [1.29, 1.82) is 0 Å². The van der Waals surface area contributed by atoms with Crippen molar-refractivity contribution in [2.24, 2.45) is 0 Å². The topological polar surface area (TPSA) is 42.0 Å². The number of nitrogens with zero attached hydrogens (tertiary/aromatic N) is 1. The second-order valence-electron chi connectivity index (χ2n) is 4.95. The van der Waals surface area contributed by atoms with E-state index < -0.39 is 0 Å². The zero-order chi connectivity index (χ0) is 15.9. The Morgan fingerprint density at radius 1 is 0.870 bits per heavy atom. The molecule has 1 atom stereocenters. The van der Waals surface area contributed by atoms with E-state index in [0.29, 0.717) is 0 Å². The molecule has 23 heavy (non-hydrogen) atoms. The minimum atomic E-state index is -0.313. The number of thioether (sulfide) groups is 1. The van der Waals surface area contributed by atoms with Crippen LogP contribution in [-0.4, -0.2) is 10.9 Å². The molecule has 1 heterocycles. The maximum absolute atomic E-state index is 12.8. The molecule has 0 aliphatic heterocycles. The van der Waals surface area contributed by atoms with Gasteiger partial charge in [0.1, 0.15) is 5.25 Å². The van der Waals surface area contributed by atoms with E-state index in [2.05, 4.69) is 10.3 Å². The molecule has 0 radical (unpaired) electrons. The molecule has 0 saturated carbocycles. The normalized spacial score (nSPS) is 11.7. The molecule has 4 heteroatoms. The number of hydrogen-bond acceptors (Lipinski definition) is 3. The first kappa shape index (κ1) is 15.3. The van der Waals surface area contributed by atoms with Gasteiger partial charge in [-0.15, -0.1) is 11.8 Å². The lowest BCUT2D eigenvalue weighted by molar-refractivity contribution is -0.115. The summed E-state index contributed by atoms with van der Waals surface area (Å²) in [6.45, 7) is 0. The Hall–Kier alpha value is -2.59. The SMILES string of the molecule is O=C(Nc1ccncc1)[C@@H](Sc1ccccc1)c1ccccc1. The molecule has 2 aromatic carbocycles. The van der Waals surface area contributed by atoms with E-state index in [-0.39, 0.29) is 11.2 Å². The van der Waals surface area contributed by atoms with Gasteiger partial charge in [-0.2, -0.15) is 0 Å². The number of nitrogens with one attached hydrogen (secondary N) is 1. The van der Waals surface area contributed by atoms with Crippen molar-refractivity contribution in [2.45, 2.75) is 10.1 Å². The van der Waals surface area contributed by atoms with Gasteiger partial charge in [-0.1, -0.05) is 48.5 Å². The van der Waals surface area contributed by atoms with Crippen LogP contribution in [0.3, 0.4) is 0 Å². The molecule has 1 amide bonds. The highest BCUT2D eigenvalue weighted by molar-refractivity contribution is 8.00. The highest BCUT2D eigenvalue weighted by Gasteiger charge is 2.22. The lowest BCUT2D eigenvalue weighted by Gasteiger charge is -2.17. The third kappa shape index (κ3) is 4.20. The maximum atomic E-state index is 12.8. The Labute approximate surface area is 139 Å². The van der Waals surface area contributed by atoms with Crippen LogP contribution in [-0.2, 0) is 4.79 Å². The molecular weight excluding hydrogens is 304 g/mol. The monoisotopic (exact) mass is 320 g/mol. The third-order valence-corrected chi connectivity index (χ3v) is 4.55. The van der Waals surface area contributed by atoms with E-state index in [0.717, 1.165) is 16.1 Å². The van der Waals surface area contributed by atoms with Crippen molar-refractivity contribution >= 4 is 23.4 Å². The molecule has 0 fully saturated rings. The zero-order valence-corrected chi connectivity index (χ0v) is 13.2. The van der Waals surface area contributed by atoms with Gasteiger partial charge in [0.05, 0.1) is 0 Å². The summed E-state index contributed by atoms with van der Waals surface area (Å²) in [5.74, 6) is -0.0451. The van der Waals surface area contributed by atoms with Crippen LogP contribution in [0, 0.1) is 0 Å². The molecule has 0 bridgehead atoms. The number of anilines is 1. The van der Waals surface area contributed by atoms with Gasteiger partial charge in [0.2, 0.25) is 5.91 Å². The first-order valence-electron chi connectivity index (χ1n) is 7.30. The fraction of sp³-hybridized carbons (Fsp3) is 0.0526. The Morgan fingerprint density at radius 2 is 1.48 bits per heavy atom. The fourth-order valence-corrected chi connectivity index (χ4v) is 3.22. The number of carbonyl (C=O) groups excluding carboxylic acids is 1. The van der Waals surface area contributed by atoms with E-state index in [1.807, 2.05) is 60.7 Å². The largest absolute Gasteiger partial charge is 0.325 e. The predicted molar refractivity (Wildman–Crippen MR) is 94.3 cm³/mol. The average Bonchev–Trinajstić information content (AvgIpc) is 2.62. The highest BCUT2D eigenvalue weighted by Crippen LogP contribution is 2.35. The molecule has 0 aliphatic carbocycles. The molecule has 1 N–H and O–H groups in total. The summed E-state index contributed by atoms with van der Waals surface area (Å²) in [4.78, 5) is 17.8. The summed E-state index contributed by atoms with van der Waals surface area (Å²) in [5.41, 5.74) is 1.73. The van der Waals surface area contributed by atoms with Gasteiger partial charge in [-0.25, -0.2) is 0 Å². The predicted octanol–water partition coefficient (Wildman–Crippen LogP) is 4.55. The molecule has 0 spiro atoms. The summed E-state index contributed by atoms with van der Waals surface area (Å²) in [7, 11) is 0. The number of rotatable bonds is 5. The molecule has 0 saturated heterocycles. The lowest BCUT2D eigenvalue weighted by atomic mass is 10.1. The summed E-state index contributed by atoms with van der Waals surface area (Å²) < 4.78 is 0. The molecule has 0 aliphatic rings. The van der Waals surface area contributed by atoms with Crippen LogP contribution < -0.4 is 5.32 Å². The Kier molecular flexibility index (Phi) is 5.06. The minimum Gasteiger partial charge on any atom is -0.325 e. The van der Waals surface area contributed by atoms with Gasteiger partial charge in [-0.05, 0) is 29.8 Å². The standard InChI is InChI=1S/C19H16N2OS/c22-19(21-16-11-13-20-14-12-16)18(15-7-3-1-4-8-15)23-17-9-5-2-6-10-17/h1-14,18H,(H,20,21,22)/t18-/m0/s1. The molecule has 0 unspecified atom stereocenters. The smallest absolute Gasteiger partial charge is 0.242 e. The summed E-state index contributed by atoms with van der Waals surface area (Å²) >= 11 is 1.54. The van der Waals surface area contributed by atoms with Crippen LogP contribution in [0.25, 0.3) is 0 Å². The van der Waals surface area contributed by atoms with E-state index in [1.54, 1.807) is 36.3 Å². The summed E-state index contributed by atoms with van der Waals surface area (Å²) in [5, 5.41) is 2.65. The number of aromatic nitrogens is 1. The molecule has 114 valence electrons. The van der Waals surface area contributed by atoms with Gasteiger partial charge >= 0.3 is 0 Å². The van der Waals surface area contributed by atoms with E-state index in [4.69, 9.17) is 0 Å². The van der Waals surface area contributed by atoms with E-state index >= 15 is 0 Å². The number of benzene rings is 2. The quantitative estimate of drug-likeness (QED) is 0.701. The van der Waals surface area contributed by atoms with Crippen LogP contribution in [0.1, 0.15) is 10.8 Å². The van der Waals surface area contributed by atoms with Crippen molar-refractivity contribution in [3.05, 3.63) is 90.8 Å². The van der Waals surface area contributed by atoms with Gasteiger partial charge in [0.25, 0.3) is 0 Å². The van der Waals surface area contributed by atoms with Crippen molar-refractivity contribution in [3.8, 4) is 0 Å². The molecule has 3 rings (SSSR count). The van der Waals surface area contributed by atoms with Crippen molar-refractivity contribution in [1.82, 2.24) is 4.98 Å². The van der Waals surface area contributed by atoms with Crippen LogP contribution in [0.5, 0.6) is 0 Å². The number of carbonyl (C=O) groups is 1. The zero-order valence-electron chi connectivity index (χ0n) is 12.4. The lowest BCUT2D eigenvalue weighted by Crippen LogP contribution is -2.19. The van der Waals surface area contributed by atoms with Crippen molar-refractivity contribution in [3.63, 3.8) is 0 Å². The molecular formula is C19H16N2OS. The first-order chi connectivity index (χ1) is 11.3. The van der Waals surface area contributed by atoms with Gasteiger partial charge in [0.15, 0.2) is 0 Å². The van der Waals surface area contributed by atoms with Crippen LogP contribution in [0.15, 0.2) is 90.1 Å². The third-order valence-electron chi connectivity index (χ3n) is 3.29. The minimum absolute atomic E-state index is 0.0451. The average molecular weight is 320 g/mol. The van der Waals surface area contributed by atoms with Crippen LogP contribution in [0.4, 0.5) is 5.69 Å². The van der Waals surface area contributed by atoms with Crippen LogP contribution in [0.2, 0.25) is 0 Å². The highest BCUT2D eigenvalue weighted by atomic mass is 32.2. The summed E-state index contributed by atoms with van der Waals surface area (Å²) in [6.07, 6.45) is 3.33. The van der Waals surface area contributed by atoms with E-state index in [1.165, 1.54) is 0 Å². The van der Waals surface area contributed by atoms with Crippen molar-refractivity contribution in [2.75, 3.05) is 5.32 Å². The molecule has 3 nitrogen and oxygen atoms in total. The first-order valence-corrected chi connectivity index (χ1v) is 8.18. The Balaban J connectivity index is 1.84. The number of amides is 1. The fourth-order valence-electron chi connectivity index (χ4n) is 2.18. The Morgan fingerprint density at radius 3 is 2.13 bits per heavy atom. The second kappa shape index (κ2) is 7.61. The van der Waals surface area contributed by atoms with E-state index in [9.17, 15) is 4.79 Å². The number of hydrogen-bond donors (Lipinski definition) is 1. The van der Waals surface area contributed by atoms with Gasteiger partial charge < -0.3 is 5.32 Å². The van der Waals surface area contributed by atoms with Crippen molar-refractivity contribution < 1.29 is 4.79 Å². The molecule has 3 aromatic rings. The number of pyridine rings is 1. The van der Waals surface area contributed by atoms with Gasteiger partial charge in [-0.3, -0.25) is 9.78 Å².